The molecule has 0 aliphatic carbocycles. The van der Waals surface area contributed by atoms with Gasteiger partial charge in [0.1, 0.15) is 5.69 Å². The van der Waals surface area contributed by atoms with Gasteiger partial charge in [0.05, 0.1) is 23.6 Å². The number of aromatic nitrogens is 2. The van der Waals surface area contributed by atoms with Crippen molar-refractivity contribution in [2.24, 2.45) is 5.92 Å². The van der Waals surface area contributed by atoms with Crippen molar-refractivity contribution in [2.75, 3.05) is 13.7 Å². The number of fused-ring (bicyclic) bond motifs is 4. The summed E-state index contributed by atoms with van der Waals surface area (Å²) < 4.78 is 68.2. The second-order valence-electron chi connectivity index (χ2n) is 9.21. The summed E-state index contributed by atoms with van der Waals surface area (Å²) in [6.07, 6.45) is -1.41. The molecule has 8 nitrogen and oxygen atoms in total. The Kier molecular flexibility index (Phi) is 6.22. The van der Waals surface area contributed by atoms with Crippen molar-refractivity contribution in [3.63, 3.8) is 0 Å². The molecule has 12 heteroatoms. The van der Waals surface area contributed by atoms with Crippen molar-refractivity contribution in [1.29, 1.82) is 0 Å². The average molecular weight is 531 g/mol. The monoisotopic (exact) mass is 531 g/mol. The highest BCUT2D eigenvalue weighted by Gasteiger charge is 2.38. The average Bonchev–Trinajstić information content (AvgIpc) is 3.23. The molecule has 0 radical (unpaired) electrons. The van der Waals surface area contributed by atoms with Gasteiger partial charge in [-0.1, -0.05) is 13.8 Å². The molecule has 0 bridgehead atoms. The minimum absolute atomic E-state index is 0.0265. The Morgan fingerprint density at radius 1 is 0.947 bits per heavy atom. The number of amides is 1. The molecular weight excluding hydrogens is 510 g/mol. The molecule has 1 aliphatic rings. The second-order valence-corrected chi connectivity index (χ2v) is 9.21. The number of hydrogen-bond acceptors (Lipinski definition) is 5. The summed E-state index contributed by atoms with van der Waals surface area (Å²) in [6, 6.07) is 3.35. The summed E-state index contributed by atoms with van der Waals surface area (Å²) in [5.41, 5.74) is -0.497. The van der Waals surface area contributed by atoms with Gasteiger partial charge in [-0.05, 0) is 29.1 Å². The van der Waals surface area contributed by atoms with E-state index in [4.69, 9.17) is 9.47 Å². The number of rotatable bonds is 4. The van der Waals surface area contributed by atoms with Crippen LogP contribution in [0.3, 0.4) is 0 Å². The summed E-state index contributed by atoms with van der Waals surface area (Å²) in [5, 5.41) is 2.34. The van der Waals surface area contributed by atoms with Crippen LogP contribution >= 0.6 is 0 Å². The number of aromatic amines is 2. The van der Waals surface area contributed by atoms with E-state index in [9.17, 15) is 31.9 Å². The van der Waals surface area contributed by atoms with Crippen LogP contribution in [0.15, 0.2) is 29.1 Å². The lowest BCUT2D eigenvalue weighted by Gasteiger charge is -2.32. The van der Waals surface area contributed by atoms with Crippen molar-refractivity contribution in [2.45, 2.75) is 26.1 Å². The topological polar surface area (TPSA) is 113 Å². The molecular formula is C26H21F4N3O5. The first kappa shape index (κ1) is 25.5. The summed E-state index contributed by atoms with van der Waals surface area (Å²) in [7, 11) is 1.36. The van der Waals surface area contributed by atoms with Crippen molar-refractivity contribution in [1.82, 2.24) is 15.3 Å². The Labute approximate surface area is 211 Å². The van der Waals surface area contributed by atoms with Crippen LogP contribution in [0, 0.1) is 29.2 Å². The van der Waals surface area contributed by atoms with E-state index in [0.29, 0.717) is 0 Å². The zero-order chi connectivity index (χ0) is 27.5. The van der Waals surface area contributed by atoms with Crippen LogP contribution in [0.5, 0.6) is 0 Å². The Morgan fingerprint density at radius 2 is 1.55 bits per heavy atom. The van der Waals surface area contributed by atoms with Gasteiger partial charge in [-0.3, -0.25) is 14.4 Å². The van der Waals surface area contributed by atoms with Crippen LogP contribution < -0.4 is 10.9 Å². The van der Waals surface area contributed by atoms with Gasteiger partial charge in [0.25, 0.3) is 11.5 Å². The molecule has 1 aliphatic heterocycles. The number of hydrogen-bond donors (Lipinski definition) is 3. The maximum atomic E-state index is 14.5. The Balaban J connectivity index is 1.85. The zero-order valence-electron chi connectivity index (χ0n) is 20.3. The minimum Gasteiger partial charge on any atom is -0.429 e. The molecule has 198 valence electrons. The molecule has 3 N–H and O–H groups in total. The van der Waals surface area contributed by atoms with Crippen LogP contribution in [0.4, 0.5) is 17.6 Å². The number of pyridine rings is 1. The van der Waals surface area contributed by atoms with Crippen molar-refractivity contribution >= 4 is 33.6 Å². The standard InChI is InChI=1S/C26H21F4N3O5/c1-9(2)25(36)38-26-22-19(10-4-14(27)15(28)5-11(10)23(34)33-22)13(8-37-26)20-12-6-16(29)17(30)7-18(12)32-21(20)24(35)31-3/h4-7,9,13,26,32H,8H2,1-3H3,(H,31,35)(H,33,34)/t13-,26-/m1/s1. The predicted octanol–water partition coefficient (Wildman–Crippen LogP) is 4.29. The van der Waals surface area contributed by atoms with Crippen LogP contribution in [0.25, 0.3) is 21.7 Å². The van der Waals surface area contributed by atoms with E-state index >= 15 is 0 Å². The number of nitrogens with one attached hydrogen (secondary N) is 3. The van der Waals surface area contributed by atoms with E-state index in [2.05, 4.69) is 15.3 Å². The predicted molar refractivity (Wildman–Crippen MR) is 128 cm³/mol. The molecule has 0 saturated carbocycles. The highest BCUT2D eigenvalue weighted by molar-refractivity contribution is 6.02. The van der Waals surface area contributed by atoms with Crippen molar-refractivity contribution in [3.05, 3.63) is 80.4 Å². The molecule has 0 unspecified atom stereocenters. The number of halogens is 4. The Bertz CT molecular complexity index is 1690. The van der Waals surface area contributed by atoms with Gasteiger partial charge in [0.2, 0.25) is 6.29 Å². The van der Waals surface area contributed by atoms with Gasteiger partial charge in [0, 0.05) is 35.5 Å². The molecule has 2 aromatic carbocycles. The normalized spacial score (nSPS) is 17.2. The maximum Gasteiger partial charge on any atom is 0.310 e. The van der Waals surface area contributed by atoms with Crippen LogP contribution in [-0.4, -0.2) is 35.5 Å². The molecule has 1 amide bonds. The molecule has 0 saturated heterocycles. The molecule has 0 fully saturated rings. The summed E-state index contributed by atoms with van der Waals surface area (Å²) >= 11 is 0. The molecule has 2 atom stereocenters. The lowest BCUT2D eigenvalue weighted by Crippen LogP contribution is -2.31. The fourth-order valence-electron chi connectivity index (χ4n) is 4.71. The fraction of sp³-hybridized carbons (Fsp3) is 0.269. The largest absolute Gasteiger partial charge is 0.429 e. The van der Waals surface area contributed by atoms with Crippen LogP contribution in [0.1, 0.15) is 53.4 Å². The first-order chi connectivity index (χ1) is 18.0. The first-order valence-electron chi connectivity index (χ1n) is 11.6. The summed E-state index contributed by atoms with van der Waals surface area (Å²) in [6.45, 7) is 2.90. The molecule has 5 rings (SSSR count). The highest BCUT2D eigenvalue weighted by atomic mass is 19.2. The van der Waals surface area contributed by atoms with E-state index in [1.54, 1.807) is 13.8 Å². The van der Waals surface area contributed by atoms with Gasteiger partial charge in [-0.25, -0.2) is 17.6 Å². The number of benzene rings is 2. The third-order valence-corrected chi connectivity index (χ3v) is 6.51. The highest BCUT2D eigenvalue weighted by Crippen LogP contribution is 2.44. The van der Waals surface area contributed by atoms with E-state index in [1.807, 2.05) is 0 Å². The third-order valence-electron chi connectivity index (χ3n) is 6.51. The minimum atomic E-state index is -1.41. The van der Waals surface area contributed by atoms with Gasteiger partial charge in [-0.2, -0.15) is 0 Å². The van der Waals surface area contributed by atoms with Crippen LogP contribution in [0.2, 0.25) is 0 Å². The number of carbonyl (C=O) groups excluding carboxylic acids is 2. The maximum absolute atomic E-state index is 14.5. The van der Waals surface area contributed by atoms with E-state index in [-0.39, 0.29) is 50.8 Å². The lowest BCUT2D eigenvalue weighted by molar-refractivity contribution is -0.189. The van der Waals surface area contributed by atoms with Gasteiger partial charge in [0.15, 0.2) is 23.3 Å². The zero-order valence-corrected chi connectivity index (χ0v) is 20.3. The van der Waals surface area contributed by atoms with Crippen LogP contribution in [-0.2, 0) is 14.3 Å². The summed E-state index contributed by atoms with van der Waals surface area (Å²) in [5.74, 6) is -7.66. The van der Waals surface area contributed by atoms with Crippen molar-refractivity contribution in [3.8, 4) is 0 Å². The first-order valence-corrected chi connectivity index (χ1v) is 11.6. The molecule has 38 heavy (non-hydrogen) atoms. The number of H-pyrrole nitrogens is 2. The lowest BCUT2D eigenvalue weighted by atomic mass is 9.84. The van der Waals surface area contributed by atoms with E-state index in [1.165, 1.54) is 7.05 Å². The SMILES string of the molecule is CNC(=O)c1[nH]c2cc(F)c(F)cc2c1[C@@H]1CO[C@H](OC(=O)C(C)C)c2[nH]c(=O)c3cc(F)c(F)cc3c21. The quantitative estimate of drug-likeness (QED) is 0.269. The van der Waals surface area contributed by atoms with Gasteiger partial charge < -0.3 is 24.8 Å². The van der Waals surface area contributed by atoms with Crippen molar-refractivity contribution < 1.29 is 36.6 Å². The second kappa shape index (κ2) is 9.28. The number of carbonyl (C=O) groups is 2. The summed E-state index contributed by atoms with van der Waals surface area (Å²) in [4.78, 5) is 43.4. The van der Waals surface area contributed by atoms with Gasteiger partial charge >= 0.3 is 5.97 Å². The fourth-order valence-corrected chi connectivity index (χ4v) is 4.71. The Morgan fingerprint density at radius 3 is 2.18 bits per heavy atom. The molecule has 3 heterocycles. The Hall–Kier alpha value is -4.19. The van der Waals surface area contributed by atoms with E-state index in [0.717, 1.165) is 24.3 Å². The van der Waals surface area contributed by atoms with E-state index < -0.39 is 58.8 Å². The molecule has 4 aromatic rings. The molecule has 2 aromatic heterocycles. The number of esters is 1. The third kappa shape index (κ3) is 4.01. The van der Waals surface area contributed by atoms with Gasteiger partial charge in [-0.15, -0.1) is 0 Å². The molecule has 0 spiro atoms. The number of ether oxygens (including phenoxy) is 2. The smallest absolute Gasteiger partial charge is 0.310 e.